The molecule has 0 radical (unpaired) electrons. The molecule has 1 aliphatic heterocycles. The van der Waals surface area contributed by atoms with E-state index < -0.39 is 5.91 Å². The number of pyridine rings is 1. The van der Waals surface area contributed by atoms with E-state index >= 15 is 0 Å². The fraction of sp³-hybridized carbons (Fsp3) is 0.136. The second-order valence-corrected chi connectivity index (χ2v) is 6.95. The van der Waals surface area contributed by atoms with Gasteiger partial charge in [0.2, 0.25) is 11.8 Å². The Morgan fingerprint density at radius 2 is 1.93 bits per heavy atom. The third kappa shape index (κ3) is 4.22. The third-order valence-electron chi connectivity index (χ3n) is 4.56. The first-order valence-electron chi connectivity index (χ1n) is 9.21. The molecule has 0 atom stereocenters. The fourth-order valence-corrected chi connectivity index (χ4v) is 3.30. The lowest BCUT2D eigenvalue weighted by Crippen LogP contribution is -2.24. The lowest BCUT2D eigenvalue weighted by molar-refractivity contribution is -0.117. The van der Waals surface area contributed by atoms with Crippen molar-refractivity contribution in [2.45, 2.75) is 12.8 Å². The molecule has 1 N–H and O–H groups in total. The highest BCUT2D eigenvalue weighted by Gasteiger charge is 2.23. The van der Waals surface area contributed by atoms with Crippen LogP contribution in [0.3, 0.4) is 0 Å². The van der Waals surface area contributed by atoms with Crippen molar-refractivity contribution in [1.82, 2.24) is 4.98 Å². The van der Waals surface area contributed by atoms with Gasteiger partial charge in [-0.2, -0.15) is 0 Å². The van der Waals surface area contributed by atoms with Gasteiger partial charge < -0.3 is 15.0 Å². The molecule has 7 heteroatoms. The Morgan fingerprint density at radius 3 is 2.69 bits per heavy atom. The molecule has 146 valence electrons. The summed E-state index contributed by atoms with van der Waals surface area (Å²) in [6.07, 6.45) is 2.90. The molecular weight excluding hydrogens is 390 g/mol. The van der Waals surface area contributed by atoms with Gasteiger partial charge in [-0.25, -0.2) is 4.98 Å². The van der Waals surface area contributed by atoms with Gasteiger partial charge in [0.05, 0.1) is 10.7 Å². The maximum atomic E-state index is 12.9. The number of carbonyl (C=O) groups is 2. The quantitative estimate of drug-likeness (QED) is 0.652. The Labute approximate surface area is 173 Å². The highest BCUT2D eigenvalue weighted by Crippen LogP contribution is 2.31. The maximum absolute atomic E-state index is 12.9. The summed E-state index contributed by atoms with van der Waals surface area (Å²) in [5, 5.41) is 3.18. The average molecular weight is 408 g/mol. The van der Waals surface area contributed by atoms with Crippen molar-refractivity contribution in [2.75, 3.05) is 16.8 Å². The number of nitrogens with one attached hydrogen (secondary N) is 1. The minimum absolute atomic E-state index is 0.0652. The van der Waals surface area contributed by atoms with Gasteiger partial charge in [0.15, 0.2) is 0 Å². The van der Waals surface area contributed by atoms with E-state index in [1.807, 2.05) is 18.2 Å². The molecule has 2 amide bonds. The Hall–Kier alpha value is -3.38. The normalized spacial score (nSPS) is 13.4. The molecule has 1 fully saturated rings. The van der Waals surface area contributed by atoms with Crippen LogP contribution in [-0.4, -0.2) is 23.3 Å². The minimum atomic E-state index is -0.407. The molecule has 1 saturated heterocycles. The first-order valence-corrected chi connectivity index (χ1v) is 9.59. The van der Waals surface area contributed by atoms with Crippen LogP contribution in [0.2, 0.25) is 5.02 Å². The molecule has 0 spiro atoms. The number of aromatic nitrogens is 1. The van der Waals surface area contributed by atoms with E-state index in [0.29, 0.717) is 35.1 Å². The number of ether oxygens (including phenoxy) is 1. The van der Waals surface area contributed by atoms with E-state index in [1.165, 1.54) is 0 Å². The summed E-state index contributed by atoms with van der Waals surface area (Å²) in [5.74, 6) is 0.428. The van der Waals surface area contributed by atoms with Crippen LogP contribution >= 0.6 is 11.6 Å². The summed E-state index contributed by atoms with van der Waals surface area (Å²) in [7, 11) is 0. The number of rotatable bonds is 5. The highest BCUT2D eigenvalue weighted by molar-refractivity contribution is 6.34. The Bertz CT molecular complexity index is 1060. The van der Waals surface area contributed by atoms with E-state index in [4.69, 9.17) is 16.3 Å². The van der Waals surface area contributed by atoms with Crippen LogP contribution < -0.4 is 15.0 Å². The van der Waals surface area contributed by atoms with Gasteiger partial charge in [-0.3, -0.25) is 9.59 Å². The van der Waals surface area contributed by atoms with Crippen molar-refractivity contribution in [3.05, 3.63) is 77.4 Å². The Kier molecular flexibility index (Phi) is 5.44. The number of amides is 2. The lowest BCUT2D eigenvalue weighted by atomic mass is 10.2. The van der Waals surface area contributed by atoms with Crippen LogP contribution in [0.5, 0.6) is 11.6 Å². The van der Waals surface area contributed by atoms with E-state index in [-0.39, 0.29) is 17.4 Å². The molecule has 6 nitrogen and oxygen atoms in total. The smallest absolute Gasteiger partial charge is 0.261 e. The molecule has 3 aromatic rings. The second kappa shape index (κ2) is 8.32. The van der Waals surface area contributed by atoms with Crippen LogP contribution in [0.15, 0.2) is 66.9 Å². The third-order valence-corrected chi connectivity index (χ3v) is 4.89. The Morgan fingerprint density at radius 1 is 1.10 bits per heavy atom. The minimum Gasteiger partial charge on any atom is -0.438 e. The summed E-state index contributed by atoms with van der Waals surface area (Å²) >= 11 is 6.28. The van der Waals surface area contributed by atoms with Crippen LogP contribution in [0.25, 0.3) is 0 Å². The van der Waals surface area contributed by atoms with Gasteiger partial charge in [-0.05, 0) is 48.9 Å². The molecule has 0 bridgehead atoms. The topological polar surface area (TPSA) is 71.5 Å². The zero-order valence-corrected chi connectivity index (χ0v) is 16.2. The summed E-state index contributed by atoms with van der Waals surface area (Å²) in [5.41, 5.74) is 1.40. The number of benzene rings is 2. The molecule has 2 heterocycles. The summed E-state index contributed by atoms with van der Waals surface area (Å²) in [6, 6.07) is 17.5. The SMILES string of the molecule is O=C(Nc1cc(N2CCCC2=O)ccc1Cl)c1cccnc1Oc1ccccc1. The monoisotopic (exact) mass is 407 g/mol. The number of halogens is 1. The number of nitrogens with zero attached hydrogens (tertiary/aromatic N) is 2. The zero-order chi connectivity index (χ0) is 20.2. The van der Waals surface area contributed by atoms with Gasteiger partial charge in [0.1, 0.15) is 11.3 Å². The fourth-order valence-electron chi connectivity index (χ4n) is 3.13. The molecule has 1 aliphatic rings. The van der Waals surface area contributed by atoms with Crippen molar-refractivity contribution < 1.29 is 14.3 Å². The van der Waals surface area contributed by atoms with Crippen LogP contribution in [0, 0.1) is 0 Å². The molecule has 4 rings (SSSR count). The van der Waals surface area contributed by atoms with Crippen molar-refractivity contribution in [1.29, 1.82) is 0 Å². The molecule has 1 aromatic heterocycles. The zero-order valence-electron chi connectivity index (χ0n) is 15.5. The maximum Gasteiger partial charge on any atom is 0.261 e. The summed E-state index contributed by atoms with van der Waals surface area (Å²) in [6.45, 7) is 0.658. The van der Waals surface area contributed by atoms with Crippen LogP contribution in [-0.2, 0) is 4.79 Å². The molecule has 29 heavy (non-hydrogen) atoms. The highest BCUT2D eigenvalue weighted by atomic mass is 35.5. The molecule has 0 unspecified atom stereocenters. The van der Waals surface area contributed by atoms with E-state index in [1.54, 1.807) is 53.6 Å². The number of para-hydroxylation sites is 1. The number of hydrogen-bond donors (Lipinski definition) is 1. The predicted molar refractivity (Wildman–Crippen MR) is 112 cm³/mol. The van der Waals surface area contributed by atoms with Gasteiger partial charge in [0.25, 0.3) is 5.91 Å². The average Bonchev–Trinajstić information content (AvgIpc) is 3.17. The van der Waals surface area contributed by atoms with Crippen LogP contribution in [0.1, 0.15) is 23.2 Å². The van der Waals surface area contributed by atoms with E-state index in [9.17, 15) is 9.59 Å². The largest absolute Gasteiger partial charge is 0.438 e. The van der Waals surface area contributed by atoms with Crippen molar-refractivity contribution in [2.24, 2.45) is 0 Å². The first kappa shape index (κ1) is 19.0. The Balaban J connectivity index is 1.58. The second-order valence-electron chi connectivity index (χ2n) is 6.54. The predicted octanol–water partition coefficient (Wildman–Crippen LogP) is 4.91. The summed E-state index contributed by atoms with van der Waals surface area (Å²) in [4.78, 5) is 30.8. The standard InChI is InChI=1S/C22H18ClN3O3/c23-18-11-10-15(26-13-5-9-20(26)27)14-19(18)25-21(28)17-8-4-12-24-22(17)29-16-6-2-1-3-7-16/h1-4,6-8,10-12,14H,5,9,13H2,(H,25,28). The summed E-state index contributed by atoms with van der Waals surface area (Å²) < 4.78 is 5.76. The molecule has 2 aromatic carbocycles. The van der Waals surface area contributed by atoms with E-state index in [2.05, 4.69) is 10.3 Å². The number of carbonyl (C=O) groups excluding carboxylic acids is 2. The van der Waals surface area contributed by atoms with Gasteiger partial charge in [-0.15, -0.1) is 0 Å². The van der Waals surface area contributed by atoms with Crippen LogP contribution in [0.4, 0.5) is 11.4 Å². The van der Waals surface area contributed by atoms with Gasteiger partial charge in [-0.1, -0.05) is 29.8 Å². The molecule has 0 saturated carbocycles. The lowest BCUT2D eigenvalue weighted by Gasteiger charge is -2.18. The van der Waals surface area contributed by atoms with Gasteiger partial charge >= 0.3 is 0 Å². The van der Waals surface area contributed by atoms with Crippen molar-refractivity contribution >= 4 is 34.8 Å². The van der Waals surface area contributed by atoms with E-state index in [0.717, 1.165) is 6.42 Å². The molecular formula is C22H18ClN3O3. The van der Waals surface area contributed by atoms with Gasteiger partial charge in [0, 0.05) is 24.8 Å². The number of anilines is 2. The number of hydrogen-bond acceptors (Lipinski definition) is 4. The first-order chi connectivity index (χ1) is 14.1. The van der Waals surface area contributed by atoms with Crippen molar-refractivity contribution in [3.8, 4) is 11.6 Å². The van der Waals surface area contributed by atoms with Crippen molar-refractivity contribution in [3.63, 3.8) is 0 Å². The molecule has 0 aliphatic carbocycles.